The Morgan fingerprint density at radius 1 is 0.411 bits per heavy atom. The van der Waals surface area contributed by atoms with E-state index in [4.69, 9.17) is 5.11 Å². The predicted octanol–water partition coefficient (Wildman–Crippen LogP) is 12.2. The van der Waals surface area contributed by atoms with Gasteiger partial charge in [-0.3, -0.25) is 4.79 Å². The minimum atomic E-state index is -0.893. The van der Waals surface area contributed by atoms with Gasteiger partial charge in [0.25, 0.3) is 0 Å². The Hall–Kier alpha value is -1.22. The zero-order valence-corrected chi connectivity index (χ0v) is 40.3. The highest BCUT2D eigenvalue weighted by molar-refractivity contribution is 5.69. The fourth-order valence-electron chi connectivity index (χ4n) is 7.18. The van der Waals surface area contributed by atoms with Gasteiger partial charge in [-0.2, -0.15) is 0 Å². The number of carboxylic acid groups (broad SMARTS) is 2. The largest absolute Gasteiger partial charge is 0.870 e. The van der Waals surface area contributed by atoms with E-state index in [0.717, 1.165) is 44.9 Å². The first-order valence-electron chi connectivity index (χ1n) is 24.1. The Bertz CT molecular complexity index is 629. The van der Waals surface area contributed by atoms with E-state index in [-0.39, 0.29) is 22.8 Å². The lowest BCUT2D eigenvalue weighted by atomic mass is 10.00. The summed E-state index contributed by atoms with van der Waals surface area (Å²) >= 11 is 0. The molecule has 2 atom stereocenters. The van der Waals surface area contributed by atoms with Gasteiger partial charge in [0, 0.05) is 5.97 Å². The lowest BCUT2D eigenvalue weighted by molar-refractivity contribution is -0.929. The summed E-state index contributed by atoms with van der Waals surface area (Å²) in [5.41, 5.74) is 0. The van der Waals surface area contributed by atoms with Crippen LogP contribution in [-0.2, 0) is 9.59 Å². The lowest BCUT2D eigenvalue weighted by Gasteiger charge is -2.39. The Balaban J connectivity index is -0.000000151. The maximum absolute atomic E-state index is 10.4. The van der Waals surface area contributed by atoms with Gasteiger partial charge in [0.05, 0.1) is 58.3 Å². The smallest absolute Gasteiger partial charge is 0.306 e. The highest BCUT2D eigenvalue weighted by Gasteiger charge is 2.26. The molecule has 0 rings (SSSR count). The van der Waals surface area contributed by atoms with Crippen LogP contribution in [0, 0.1) is 11.8 Å². The monoisotopic (exact) mass is 807 g/mol. The number of quaternary nitrogens is 2. The third kappa shape index (κ3) is 41.0. The number of hydrogen-bond acceptors (Lipinski definition) is 4. The number of carbonyl (C=O) groups excluding carboxylic acids is 1. The van der Waals surface area contributed by atoms with Gasteiger partial charge in [-0.15, -0.1) is 0 Å². The molecule has 8 nitrogen and oxygen atoms in total. The van der Waals surface area contributed by atoms with Gasteiger partial charge in [-0.1, -0.05) is 160 Å². The molecule has 0 heterocycles. The summed E-state index contributed by atoms with van der Waals surface area (Å²) in [5.74, 6) is -1.87. The van der Waals surface area contributed by atoms with Crippen LogP contribution in [0.3, 0.4) is 0 Å². The molecule has 0 saturated heterocycles. The molecule has 0 aliphatic carbocycles. The van der Waals surface area contributed by atoms with Crippen molar-refractivity contribution in [3.8, 4) is 0 Å². The van der Waals surface area contributed by atoms with Gasteiger partial charge in [0.1, 0.15) is 0 Å². The van der Waals surface area contributed by atoms with E-state index in [0.29, 0.717) is 6.42 Å². The van der Waals surface area contributed by atoms with Crippen molar-refractivity contribution in [1.82, 2.24) is 0 Å². The summed E-state index contributed by atoms with van der Waals surface area (Å²) in [6, 6.07) is 0. The first kappa shape index (κ1) is 66.6. The van der Waals surface area contributed by atoms with E-state index in [1.54, 1.807) is 0 Å². The van der Waals surface area contributed by atoms with Crippen molar-refractivity contribution in [2.45, 2.75) is 237 Å². The van der Waals surface area contributed by atoms with Crippen molar-refractivity contribution in [3.05, 3.63) is 0 Å². The standard InChI is InChI=1S/2C16H36N.2C8H16O2.2H2O/c2*1-5-9-13-17(14-10-6-2,15-11-7-3)16-12-8-4;2*1-3-5-6-7(4-2)8(9)10;;/h2*5-16H2,1-4H3;2*7H,3-6H2,1-2H3,(H,9,10);2*1H2/q2*+1;;;;/p-2. The van der Waals surface area contributed by atoms with Crippen molar-refractivity contribution in [3.63, 3.8) is 0 Å². The Morgan fingerprint density at radius 2 is 0.607 bits per heavy atom. The van der Waals surface area contributed by atoms with Crippen molar-refractivity contribution >= 4 is 11.9 Å². The molecule has 344 valence electrons. The summed E-state index contributed by atoms with van der Waals surface area (Å²) in [6.07, 6.45) is 29.4. The first-order valence-corrected chi connectivity index (χ1v) is 24.1. The van der Waals surface area contributed by atoms with Gasteiger partial charge in [0.15, 0.2) is 0 Å². The summed E-state index contributed by atoms with van der Waals surface area (Å²) in [5, 5.41) is 18.9. The van der Waals surface area contributed by atoms with E-state index in [2.05, 4.69) is 69.2 Å². The molecule has 2 unspecified atom stereocenters. The zero-order chi connectivity index (χ0) is 41.9. The molecule has 0 bridgehead atoms. The molecule has 0 radical (unpaired) electrons. The van der Waals surface area contributed by atoms with Gasteiger partial charge in [-0.05, 0) is 83.0 Å². The Kier molecular flexibility index (Phi) is 59.4. The number of rotatable bonds is 34. The fourth-order valence-corrected chi connectivity index (χ4v) is 7.18. The molecule has 0 aromatic heterocycles. The average Bonchev–Trinajstić information content (AvgIpc) is 3.18. The molecular formula is C48H106N2O6. The van der Waals surface area contributed by atoms with E-state index < -0.39 is 11.9 Å². The van der Waals surface area contributed by atoms with E-state index in [9.17, 15) is 14.7 Å². The summed E-state index contributed by atoms with van der Waals surface area (Å²) in [4.78, 5) is 20.8. The molecule has 0 aliphatic rings. The minimum absolute atomic E-state index is 0. The van der Waals surface area contributed by atoms with Crippen LogP contribution in [0.1, 0.15) is 237 Å². The van der Waals surface area contributed by atoms with Crippen molar-refractivity contribution in [2.24, 2.45) is 11.8 Å². The molecule has 56 heavy (non-hydrogen) atoms. The maximum Gasteiger partial charge on any atom is 0.306 e. The second-order valence-electron chi connectivity index (χ2n) is 16.5. The van der Waals surface area contributed by atoms with E-state index in [1.807, 2.05) is 13.8 Å². The summed E-state index contributed by atoms with van der Waals surface area (Å²) in [7, 11) is 0. The van der Waals surface area contributed by atoms with Crippen LogP contribution in [0.15, 0.2) is 0 Å². The number of aliphatic carboxylic acids is 2. The Labute approximate surface area is 352 Å². The number of hydrogen-bond donors (Lipinski definition) is 1. The van der Waals surface area contributed by atoms with E-state index in [1.165, 1.54) is 164 Å². The van der Waals surface area contributed by atoms with Crippen LogP contribution in [0.2, 0.25) is 0 Å². The fraction of sp³-hybridized carbons (Fsp3) is 0.958. The Morgan fingerprint density at radius 3 is 0.750 bits per heavy atom. The highest BCUT2D eigenvalue weighted by Crippen LogP contribution is 2.18. The lowest BCUT2D eigenvalue weighted by Crippen LogP contribution is -2.50. The number of unbranched alkanes of at least 4 members (excludes halogenated alkanes) is 10. The van der Waals surface area contributed by atoms with Crippen LogP contribution in [-0.4, -0.2) is 89.3 Å². The second kappa shape index (κ2) is 49.9. The molecule has 0 spiro atoms. The zero-order valence-electron chi connectivity index (χ0n) is 40.3. The molecule has 0 aromatic rings. The van der Waals surface area contributed by atoms with Gasteiger partial charge < -0.3 is 34.9 Å². The molecule has 8 heteroatoms. The van der Waals surface area contributed by atoms with Crippen molar-refractivity contribution < 1.29 is 39.7 Å². The molecule has 0 saturated carbocycles. The maximum atomic E-state index is 10.4. The van der Waals surface area contributed by atoms with Crippen LogP contribution in [0.4, 0.5) is 0 Å². The second-order valence-corrected chi connectivity index (χ2v) is 16.5. The number of carbonyl (C=O) groups is 2. The van der Waals surface area contributed by atoms with E-state index >= 15 is 0 Å². The highest BCUT2D eigenvalue weighted by atomic mass is 16.4. The molecule has 0 aliphatic heterocycles. The first-order chi connectivity index (χ1) is 25.9. The van der Waals surface area contributed by atoms with Gasteiger partial charge >= 0.3 is 5.97 Å². The van der Waals surface area contributed by atoms with Crippen molar-refractivity contribution in [2.75, 3.05) is 52.4 Å². The van der Waals surface area contributed by atoms with Crippen LogP contribution in [0.25, 0.3) is 0 Å². The summed E-state index contributed by atoms with van der Waals surface area (Å²) < 4.78 is 2.84. The average molecular weight is 807 g/mol. The SMILES string of the molecule is CCCCC(CC)C(=O)O.CCCCC(CC)C(=O)[O-].CCCC[N+](CCCC)(CCCC)CCCC.CCCC[N+](CCCC)(CCCC)CCCC.O.[OH-]. The van der Waals surface area contributed by atoms with Crippen LogP contribution < -0.4 is 5.11 Å². The molecular weight excluding hydrogens is 701 g/mol. The minimum Gasteiger partial charge on any atom is -0.870 e. The summed E-state index contributed by atoms with van der Waals surface area (Å²) in [6.45, 7) is 38.0. The molecule has 0 fully saturated rings. The topological polar surface area (TPSA) is 139 Å². The molecule has 0 aromatic carbocycles. The predicted molar refractivity (Wildman–Crippen MR) is 244 cm³/mol. The normalized spacial score (nSPS) is 11.9. The number of carboxylic acids is 2. The third-order valence-electron chi connectivity index (χ3n) is 11.4. The number of nitrogens with zero attached hydrogens (tertiary/aromatic N) is 2. The van der Waals surface area contributed by atoms with Gasteiger partial charge in [0.2, 0.25) is 0 Å². The molecule has 0 amide bonds. The van der Waals surface area contributed by atoms with Gasteiger partial charge in [-0.25, -0.2) is 0 Å². The van der Waals surface area contributed by atoms with Crippen LogP contribution >= 0.6 is 0 Å². The molecule has 4 N–H and O–H groups in total. The van der Waals surface area contributed by atoms with Crippen molar-refractivity contribution in [1.29, 1.82) is 0 Å². The third-order valence-corrected chi connectivity index (χ3v) is 11.4. The quantitative estimate of drug-likeness (QED) is 0.0645. The van der Waals surface area contributed by atoms with Crippen LogP contribution in [0.5, 0.6) is 0 Å².